The summed E-state index contributed by atoms with van der Waals surface area (Å²) in [7, 11) is 1.79. The van der Waals surface area contributed by atoms with E-state index in [2.05, 4.69) is 27.8 Å². The van der Waals surface area contributed by atoms with Crippen LogP contribution in [0.25, 0.3) is 12.2 Å². The van der Waals surface area contributed by atoms with Crippen molar-refractivity contribution in [2.45, 2.75) is 59.7 Å². The number of anilines is 1. The molecule has 2 aliphatic heterocycles. The van der Waals surface area contributed by atoms with E-state index in [1.807, 2.05) is 52.1 Å². The summed E-state index contributed by atoms with van der Waals surface area (Å²) in [5, 5.41) is 3.49. The highest BCUT2D eigenvalue weighted by molar-refractivity contribution is 5.91. The molecule has 0 radical (unpaired) electrons. The van der Waals surface area contributed by atoms with Gasteiger partial charge in [-0.1, -0.05) is 38.7 Å². The van der Waals surface area contributed by atoms with Crippen molar-refractivity contribution in [3.8, 4) is 0 Å². The Morgan fingerprint density at radius 1 is 1.35 bits per heavy atom. The van der Waals surface area contributed by atoms with Gasteiger partial charge in [-0.15, -0.1) is 0 Å². The number of rotatable bonds is 6. The Morgan fingerprint density at radius 2 is 2.15 bits per heavy atom. The van der Waals surface area contributed by atoms with Crippen molar-refractivity contribution in [3.63, 3.8) is 0 Å². The van der Waals surface area contributed by atoms with Crippen molar-refractivity contribution < 1.29 is 9.21 Å². The molecule has 4 rings (SSSR count). The minimum Gasteiger partial charge on any atom is -0.464 e. The zero-order valence-electron chi connectivity index (χ0n) is 21.2. The molecule has 6 heteroatoms. The maximum Gasteiger partial charge on any atom is 0.246 e. The van der Waals surface area contributed by atoms with Crippen LogP contribution in [0.2, 0.25) is 0 Å². The molecule has 0 aromatic carbocycles. The molecule has 0 aliphatic carbocycles. The number of hydrogen-bond acceptors (Lipinski definition) is 5. The number of allylic oxidation sites excluding steroid dienone is 2. The molecule has 1 saturated heterocycles. The molecule has 1 atom stereocenters. The molecular weight excluding hydrogens is 424 g/mol. The number of aromatic nitrogens is 1. The van der Waals surface area contributed by atoms with Crippen molar-refractivity contribution in [2.75, 3.05) is 25.5 Å². The summed E-state index contributed by atoms with van der Waals surface area (Å²) in [6.45, 7) is 15.1. The minimum atomic E-state index is -0.0747. The highest BCUT2D eigenvalue weighted by Gasteiger charge is 2.28. The van der Waals surface area contributed by atoms with Crippen LogP contribution in [0.4, 0.5) is 5.82 Å². The van der Waals surface area contributed by atoms with Crippen LogP contribution in [0.3, 0.4) is 0 Å². The third-order valence-corrected chi connectivity index (χ3v) is 6.42. The molecule has 1 amide bonds. The number of nitrogens with one attached hydrogen (secondary N) is 1. The molecule has 34 heavy (non-hydrogen) atoms. The van der Waals surface area contributed by atoms with Crippen LogP contribution in [-0.2, 0) is 17.9 Å². The van der Waals surface area contributed by atoms with Crippen LogP contribution in [0.5, 0.6) is 0 Å². The summed E-state index contributed by atoms with van der Waals surface area (Å²) < 4.78 is 5.91. The van der Waals surface area contributed by atoms with Crippen LogP contribution in [-0.4, -0.2) is 46.9 Å². The first kappa shape index (κ1) is 25.5. The molecule has 1 N–H and O–H groups in total. The number of fused-ring (bicyclic) bond motifs is 2. The van der Waals surface area contributed by atoms with Crippen LogP contribution in [0.1, 0.15) is 60.5 Å². The van der Waals surface area contributed by atoms with Crippen LogP contribution < -0.4 is 5.32 Å². The lowest BCUT2D eigenvalue weighted by atomic mass is 10.1. The van der Waals surface area contributed by atoms with Crippen LogP contribution >= 0.6 is 0 Å². The monoisotopic (exact) mass is 462 g/mol. The zero-order valence-corrected chi connectivity index (χ0v) is 21.2. The summed E-state index contributed by atoms with van der Waals surface area (Å²) in [6, 6.07) is 2.73. The molecule has 0 spiro atoms. The molecule has 0 saturated carbocycles. The van der Waals surface area contributed by atoms with Gasteiger partial charge in [-0.05, 0) is 56.5 Å². The summed E-state index contributed by atoms with van der Waals surface area (Å²) in [6.07, 6.45) is 13.4. The van der Waals surface area contributed by atoms with Crippen LogP contribution in [0, 0.1) is 13.8 Å². The average molecular weight is 463 g/mol. The molecule has 2 aliphatic rings. The van der Waals surface area contributed by atoms with Gasteiger partial charge in [-0.2, -0.15) is 0 Å². The average Bonchev–Trinajstić information content (AvgIpc) is 3.34. The lowest BCUT2D eigenvalue weighted by molar-refractivity contribution is -0.125. The zero-order chi connectivity index (χ0) is 24.7. The molecule has 1 fully saturated rings. The van der Waals surface area contributed by atoms with Gasteiger partial charge in [-0.25, -0.2) is 4.98 Å². The van der Waals surface area contributed by atoms with E-state index in [1.54, 1.807) is 24.1 Å². The van der Waals surface area contributed by atoms with Crippen molar-refractivity contribution in [1.82, 2.24) is 14.8 Å². The summed E-state index contributed by atoms with van der Waals surface area (Å²) in [5.74, 6) is 2.53. The van der Waals surface area contributed by atoms with Crippen LogP contribution in [0.15, 0.2) is 41.5 Å². The molecule has 2 aromatic rings. The predicted octanol–water partition coefficient (Wildman–Crippen LogP) is 5.58. The van der Waals surface area contributed by atoms with Crippen molar-refractivity contribution in [3.05, 3.63) is 70.8 Å². The lowest BCUT2D eigenvalue weighted by Gasteiger charge is -2.20. The second-order valence-electron chi connectivity index (χ2n) is 8.67. The van der Waals surface area contributed by atoms with Gasteiger partial charge in [0.05, 0.1) is 6.54 Å². The summed E-state index contributed by atoms with van der Waals surface area (Å²) in [5.41, 5.74) is 4.22. The lowest BCUT2D eigenvalue weighted by Crippen LogP contribution is -2.31. The standard InChI is InChI=1S/C26H32N4O2.C2H6/c1-5-6-9-23-18(2)24(32-19(23)3)17-29(4)25(31)11-10-20-13-21-16-30-12-7-8-22(30)15-28-26(21)27-14-20;1-2/h5-6,9-11,13-14,22H,1,7-8,12,15-17H2,2-4H3,(H,27,28);1-2H3/b9-6-,11-10+;. The number of amides is 1. The Balaban J connectivity index is 0.00000158. The third-order valence-electron chi connectivity index (χ3n) is 6.42. The van der Waals surface area contributed by atoms with E-state index in [0.29, 0.717) is 12.6 Å². The van der Waals surface area contributed by atoms with Gasteiger partial charge < -0.3 is 14.6 Å². The molecule has 2 aromatic heterocycles. The Labute approximate surface area is 204 Å². The quantitative estimate of drug-likeness (QED) is 0.449. The number of hydrogen-bond donors (Lipinski definition) is 1. The Kier molecular flexibility index (Phi) is 8.88. The fourth-order valence-electron chi connectivity index (χ4n) is 4.54. The molecule has 0 bridgehead atoms. The van der Waals surface area contributed by atoms with Gasteiger partial charge in [0.25, 0.3) is 0 Å². The normalized spacial score (nSPS) is 17.5. The van der Waals surface area contributed by atoms with Gasteiger partial charge in [0, 0.05) is 49.6 Å². The Morgan fingerprint density at radius 3 is 2.91 bits per heavy atom. The van der Waals surface area contributed by atoms with E-state index in [0.717, 1.165) is 53.7 Å². The maximum absolute atomic E-state index is 12.7. The van der Waals surface area contributed by atoms with Crippen molar-refractivity contribution in [2.24, 2.45) is 0 Å². The fraction of sp³-hybridized carbons (Fsp3) is 0.429. The largest absolute Gasteiger partial charge is 0.464 e. The van der Waals surface area contributed by atoms with Gasteiger partial charge in [0.1, 0.15) is 17.3 Å². The number of carbonyl (C=O) groups excluding carboxylic acids is 1. The smallest absolute Gasteiger partial charge is 0.246 e. The van der Waals surface area contributed by atoms with E-state index < -0.39 is 0 Å². The third kappa shape index (κ3) is 5.86. The van der Waals surface area contributed by atoms with E-state index in [1.165, 1.54) is 18.4 Å². The van der Waals surface area contributed by atoms with Crippen molar-refractivity contribution in [1.29, 1.82) is 0 Å². The van der Waals surface area contributed by atoms with Gasteiger partial charge in [-0.3, -0.25) is 9.69 Å². The number of carbonyl (C=O) groups is 1. The number of pyridine rings is 1. The number of aryl methyl sites for hydroxylation is 1. The highest BCUT2D eigenvalue weighted by Crippen LogP contribution is 2.27. The highest BCUT2D eigenvalue weighted by atomic mass is 16.3. The fourth-order valence-corrected chi connectivity index (χ4v) is 4.54. The first-order valence-corrected chi connectivity index (χ1v) is 12.2. The number of furan rings is 1. The summed E-state index contributed by atoms with van der Waals surface area (Å²) >= 11 is 0. The van der Waals surface area contributed by atoms with Gasteiger partial charge >= 0.3 is 0 Å². The maximum atomic E-state index is 12.7. The molecule has 6 nitrogen and oxygen atoms in total. The molecule has 1 unspecified atom stereocenters. The van der Waals surface area contributed by atoms with Gasteiger partial charge in [0.2, 0.25) is 5.91 Å². The van der Waals surface area contributed by atoms with Gasteiger partial charge in [0.15, 0.2) is 0 Å². The molecule has 4 heterocycles. The summed E-state index contributed by atoms with van der Waals surface area (Å²) in [4.78, 5) is 21.5. The number of likely N-dealkylation sites (N-methyl/N-ethyl adjacent to an activating group) is 1. The Bertz CT molecular complexity index is 1070. The number of nitrogens with zero attached hydrogens (tertiary/aromatic N) is 3. The van der Waals surface area contributed by atoms with E-state index >= 15 is 0 Å². The topological polar surface area (TPSA) is 61.6 Å². The molecular formula is C28H38N4O2. The minimum absolute atomic E-state index is 0.0747. The predicted molar refractivity (Wildman–Crippen MR) is 140 cm³/mol. The second kappa shape index (κ2) is 11.8. The first-order chi connectivity index (χ1) is 16.5. The van der Waals surface area contributed by atoms with E-state index in [4.69, 9.17) is 4.42 Å². The Hall–Kier alpha value is -3.12. The first-order valence-electron chi connectivity index (χ1n) is 12.2. The molecule has 182 valence electrons. The van der Waals surface area contributed by atoms with E-state index in [9.17, 15) is 4.79 Å². The second-order valence-corrected chi connectivity index (χ2v) is 8.67. The van der Waals surface area contributed by atoms with Crippen molar-refractivity contribution >= 4 is 23.9 Å². The SMILES string of the molecule is C=C/C=C\c1c(C)oc(CN(C)C(=O)/C=C/c2cnc3c(c2)CN2CCCC2CN3)c1C.CC. The van der Waals surface area contributed by atoms with E-state index in [-0.39, 0.29) is 5.91 Å².